The first kappa shape index (κ1) is 17.0. The van der Waals surface area contributed by atoms with Crippen molar-refractivity contribution in [1.82, 2.24) is 10.3 Å². The number of nitrogens with one attached hydrogen (secondary N) is 1. The fourth-order valence-corrected chi connectivity index (χ4v) is 4.07. The molecule has 0 unspecified atom stereocenters. The van der Waals surface area contributed by atoms with Gasteiger partial charge in [-0.15, -0.1) is 11.3 Å². The van der Waals surface area contributed by atoms with Gasteiger partial charge in [-0.05, 0) is 50.2 Å². The number of nitrogen functional groups attached to an aromatic ring is 1. The minimum absolute atomic E-state index is 0.0852. The zero-order valence-electron chi connectivity index (χ0n) is 14.4. The molecule has 2 aromatic heterocycles. The van der Waals surface area contributed by atoms with Crippen LogP contribution in [0.25, 0.3) is 10.2 Å². The van der Waals surface area contributed by atoms with E-state index in [1.807, 2.05) is 12.1 Å². The standard InChI is InChI=1S/C19H25N3OS/c1-12(2)15-9-8-14-16(20)17(24-19(14)22-15)18(23)21-11-10-13-6-4-3-5-7-13/h6,8-9,12H,3-5,7,10-11,20H2,1-2H3,(H,21,23). The van der Waals surface area contributed by atoms with Crippen LogP contribution < -0.4 is 11.1 Å². The molecule has 0 aromatic carbocycles. The quantitative estimate of drug-likeness (QED) is 0.778. The van der Waals surface area contributed by atoms with Crippen LogP contribution in [0.2, 0.25) is 0 Å². The van der Waals surface area contributed by atoms with Crippen LogP contribution in [-0.4, -0.2) is 17.4 Å². The highest BCUT2D eigenvalue weighted by atomic mass is 32.1. The topological polar surface area (TPSA) is 68.0 Å². The predicted molar refractivity (Wildman–Crippen MR) is 102 cm³/mol. The third kappa shape index (κ3) is 3.61. The highest BCUT2D eigenvalue weighted by molar-refractivity contribution is 7.21. The molecule has 24 heavy (non-hydrogen) atoms. The van der Waals surface area contributed by atoms with Crippen LogP contribution in [0, 0.1) is 0 Å². The van der Waals surface area contributed by atoms with Crippen LogP contribution in [0.15, 0.2) is 23.8 Å². The number of hydrogen-bond acceptors (Lipinski definition) is 4. The first-order valence-electron chi connectivity index (χ1n) is 8.71. The summed E-state index contributed by atoms with van der Waals surface area (Å²) in [6.07, 6.45) is 8.17. The molecule has 0 aliphatic heterocycles. The third-order valence-corrected chi connectivity index (χ3v) is 5.64. The summed E-state index contributed by atoms with van der Waals surface area (Å²) in [7, 11) is 0. The van der Waals surface area contributed by atoms with Crippen molar-refractivity contribution in [3.63, 3.8) is 0 Å². The molecule has 2 heterocycles. The van der Waals surface area contributed by atoms with Crippen molar-refractivity contribution in [3.8, 4) is 0 Å². The average molecular weight is 343 g/mol. The van der Waals surface area contributed by atoms with E-state index in [0.29, 0.717) is 23.0 Å². The summed E-state index contributed by atoms with van der Waals surface area (Å²) in [5, 5.41) is 3.89. The summed E-state index contributed by atoms with van der Waals surface area (Å²) in [5.74, 6) is 0.275. The van der Waals surface area contributed by atoms with Crippen molar-refractivity contribution in [2.45, 2.75) is 51.9 Å². The SMILES string of the molecule is CC(C)c1ccc2c(N)c(C(=O)NCCC3=CCCCC3)sc2n1. The fourth-order valence-electron chi connectivity index (χ4n) is 3.05. The maximum atomic E-state index is 12.5. The van der Waals surface area contributed by atoms with E-state index in [0.717, 1.165) is 22.3 Å². The maximum Gasteiger partial charge on any atom is 0.263 e. The van der Waals surface area contributed by atoms with Gasteiger partial charge in [-0.25, -0.2) is 4.98 Å². The van der Waals surface area contributed by atoms with Crippen LogP contribution in [0.4, 0.5) is 5.69 Å². The number of rotatable bonds is 5. The normalized spacial score (nSPS) is 14.9. The Morgan fingerprint density at radius 2 is 2.21 bits per heavy atom. The molecule has 5 heteroatoms. The van der Waals surface area contributed by atoms with E-state index in [1.165, 1.54) is 42.6 Å². The first-order valence-corrected chi connectivity index (χ1v) is 9.53. The molecule has 0 radical (unpaired) electrons. The van der Waals surface area contributed by atoms with Crippen LogP contribution in [0.5, 0.6) is 0 Å². The zero-order valence-corrected chi connectivity index (χ0v) is 15.2. The number of nitrogens with two attached hydrogens (primary N) is 1. The smallest absolute Gasteiger partial charge is 0.263 e. The number of anilines is 1. The van der Waals surface area contributed by atoms with Crippen molar-refractivity contribution in [2.75, 3.05) is 12.3 Å². The largest absolute Gasteiger partial charge is 0.397 e. The molecule has 0 saturated heterocycles. The molecule has 1 aliphatic rings. The van der Waals surface area contributed by atoms with Crippen LogP contribution >= 0.6 is 11.3 Å². The Morgan fingerprint density at radius 1 is 1.38 bits per heavy atom. The van der Waals surface area contributed by atoms with Crippen molar-refractivity contribution < 1.29 is 4.79 Å². The zero-order chi connectivity index (χ0) is 17.1. The molecule has 0 bridgehead atoms. The summed E-state index contributed by atoms with van der Waals surface area (Å²) in [6.45, 7) is 4.89. The van der Waals surface area contributed by atoms with Gasteiger partial charge in [0.2, 0.25) is 0 Å². The van der Waals surface area contributed by atoms with Crippen LogP contribution in [-0.2, 0) is 0 Å². The van der Waals surface area contributed by atoms with Crippen LogP contribution in [0.1, 0.15) is 67.2 Å². The lowest BCUT2D eigenvalue weighted by Gasteiger charge is -2.12. The lowest BCUT2D eigenvalue weighted by atomic mass is 9.97. The molecule has 0 saturated carbocycles. The Morgan fingerprint density at radius 3 is 2.92 bits per heavy atom. The number of aromatic nitrogens is 1. The number of fused-ring (bicyclic) bond motifs is 1. The van der Waals surface area contributed by atoms with Crippen molar-refractivity contribution >= 4 is 33.1 Å². The van der Waals surface area contributed by atoms with E-state index < -0.39 is 0 Å². The van der Waals surface area contributed by atoms with Gasteiger partial charge < -0.3 is 11.1 Å². The molecule has 4 nitrogen and oxygen atoms in total. The second-order valence-corrected chi connectivity index (χ2v) is 7.70. The Bertz CT molecular complexity index is 776. The number of thiophene rings is 1. The number of carbonyl (C=O) groups is 1. The number of carbonyl (C=O) groups excluding carboxylic acids is 1. The summed E-state index contributed by atoms with van der Waals surface area (Å²) in [6, 6.07) is 3.97. The summed E-state index contributed by atoms with van der Waals surface area (Å²) in [5.41, 5.74) is 9.22. The lowest BCUT2D eigenvalue weighted by Crippen LogP contribution is -2.24. The molecule has 3 rings (SSSR count). The van der Waals surface area contributed by atoms with E-state index in [1.54, 1.807) is 0 Å². The van der Waals surface area contributed by atoms with Gasteiger partial charge in [0.25, 0.3) is 5.91 Å². The molecule has 1 amide bonds. The van der Waals surface area contributed by atoms with E-state index >= 15 is 0 Å². The Labute approximate surface area is 147 Å². The van der Waals surface area contributed by atoms with Crippen molar-refractivity contribution in [2.24, 2.45) is 0 Å². The average Bonchev–Trinajstić information content (AvgIpc) is 2.92. The number of nitrogens with zero attached hydrogens (tertiary/aromatic N) is 1. The molecule has 0 fully saturated rings. The van der Waals surface area contributed by atoms with Gasteiger partial charge >= 0.3 is 0 Å². The van der Waals surface area contributed by atoms with Gasteiger partial charge in [0.15, 0.2) is 0 Å². The first-order chi connectivity index (χ1) is 11.6. The minimum Gasteiger partial charge on any atom is -0.397 e. The number of amides is 1. The second-order valence-electron chi connectivity index (χ2n) is 6.70. The molecule has 2 aromatic rings. The van der Waals surface area contributed by atoms with E-state index in [-0.39, 0.29) is 5.91 Å². The third-order valence-electron chi connectivity index (χ3n) is 4.53. The van der Waals surface area contributed by atoms with Gasteiger partial charge in [0.1, 0.15) is 9.71 Å². The van der Waals surface area contributed by atoms with E-state index in [2.05, 4.69) is 30.2 Å². The Balaban J connectivity index is 1.70. The molecule has 3 N–H and O–H groups in total. The molecule has 128 valence electrons. The molecular weight excluding hydrogens is 318 g/mol. The lowest BCUT2D eigenvalue weighted by molar-refractivity contribution is 0.0959. The fraction of sp³-hybridized carbons (Fsp3) is 0.474. The van der Waals surface area contributed by atoms with E-state index in [9.17, 15) is 4.79 Å². The van der Waals surface area contributed by atoms with Gasteiger partial charge in [0.05, 0.1) is 5.69 Å². The highest BCUT2D eigenvalue weighted by Crippen LogP contribution is 2.33. The highest BCUT2D eigenvalue weighted by Gasteiger charge is 2.18. The summed E-state index contributed by atoms with van der Waals surface area (Å²) >= 11 is 1.39. The molecule has 0 atom stereocenters. The van der Waals surface area contributed by atoms with Gasteiger partial charge in [-0.3, -0.25) is 4.79 Å². The van der Waals surface area contributed by atoms with Crippen molar-refractivity contribution in [3.05, 3.63) is 34.4 Å². The van der Waals surface area contributed by atoms with E-state index in [4.69, 9.17) is 5.73 Å². The maximum absolute atomic E-state index is 12.5. The van der Waals surface area contributed by atoms with Gasteiger partial charge in [0, 0.05) is 17.6 Å². The monoisotopic (exact) mass is 343 g/mol. The van der Waals surface area contributed by atoms with Gasteiger partial charge in [-0.1, -0.05) is 25.5 Å². The predicted octanol–water partition coefficient (Wildman–Crippen LogP) is 4.62. The number of allylic oxidation sites excluding steroid dienone is 1. The van der Waals surface area contributed by atoms with Crippen LogP contribution in [0.3, 0.4) is 0 Å². The molecule has 0 spiro atoms. The summed E-state index contributed by atoms with van der Waals surface area (Å²) in [4.78, 5) is 18.5. The van der Waals surface area contributed by atoms with Gasteiger partial charge in [-0.2, -0.15) is 0 Å². The molecular formula is C19H25N3OS. The number of hydrogen-bond donors (Lipinski definition) is 2. The minimum atomic E-state index is -0.0852. The Kier molecular flexibility index (Phi) is 5.19. The summed E-state index contributed by atoms with van der Waals surface area (Å²) < 4.78 is 0. The Hall–Kier alpha value is -1.88. The molecule has 1 aliphatic carbocycles. The second kappa shape index (κ2) is 7.34. The number of pyridine rings is 1. The van der Waals surface area contributed by atoms with Crippen molar-refractivity contribution in [1.29, 1.82) is 0 Å².